The fraction of sp³-hybridized carbons (Fsp3) is 0.556. The van der Waals surface area contributed by atoms with E-state index in [1.165, 1.54) is 12.1 Å². The molecule has 0 aliphatic carbocycles. The second kappa shape index (κ2) is 9.10. The molecule has 1 saturated heterocycles. The molecule has 0 saturated carbocycles. The van der Waals surface area contributed by atoms with Crippen molar-refractivity contribution < 1.29 is 23.0 Å². The molecule has 1 aromatic carbocycles. The maximum absolute atomic E-state index is 12.5. The van der Waals surface area contributed by atoms with Gasteiger partial charge in [-0.3, -0.25) is 4.90 Å². The minimum Gasteiger partial charge on any atom is -0.508 e. The Balaban J connectivity index is 2.21. The zero-order valence-electron chi connectivity index (χ0n) is 14.2. The molecule has 7 heteroatoms. The number of hydrogen-bond donors (Lipinski definition) is 2. The van der Waals surface area contributed by atoms with Gasteiger partial charge in [0.2, 0.25) is 0 Å². The number of alkyl halides is 3. The van der Waals surface area contributed by atoms with Crippen LogP contribution in [0.1, 0.15) is 37.3 Å². The van der Waals surface area contributed by atoms with Gasteiger partial charge in [-0.2, -0.15) is 0 Å². The maximum atomic E-state index is 12.5. The number of nitrogens with zero attached hydrogens (tertiary/aromatic N) is 1. The number of hydrogen-bond acceptors (Lipinski definition) is 4. The van der Waals surface area contributed by atoms with Gasteiger partial charge in [-0.25, -0.2) is 0 Å². The van der Waals surface area contributed by atoms with Crippen LogP contribution in [0.4, 0.5) is 13.2 Å². The normalized spacial score (nSPS) is 17.2. The number of rotatable bonds is 8. The zero-order valence-corrected chi connectivity index (χ0v) is 14.2. The summed E-state index contributed by atoms with van der Waals surface area (Å²) in [7, 11) is 0. The Hall–Kier alpha value is -1.73. The number of ether oxygens (including phenoxy) is 1. The van der Waals surface area contributed by atoms with E-state index in [0.29, 0.717) is 5.56 Å². The van der Waals surface area contributed by atoms with Crippen LogP contribution in [-0.2, 0) is 0 Å². The summed E-state index contributed by atoms with van der Waals surface area (Å²) in [6.07, 6.45) is 0.641. The third-order valence-corrected chi connectivity index (χ3v) is 4.32. The number of piperazine rings is 1. The lowest BCUT2D eigenvalue weighted by Gasteiger charge is -2.35. The number of halogens is 3. The summed E-state index contributed by atoms with van der Waals surface area (Å²) in [6.45, 7) is 6.92. The molecule has 0 radical (unpaired) electrons. The highest BCUT2D eigenvalue weighted by atomic mass is 19.4. The molecule has 0 bridgehead atoms. The average Bonchev–Trinajstić information content (AvgIpc) is 2.57. The molecule has 1 fully saturated rings. The van der Waals surface area contributed by atoms with Crippen LogP contribution in [0.15, 0.2) is 30.9 Å². The van der Waals surface area contributed by atoms with Gasteiger partial charge in [0.05, 0.1) is 0 Å². The van der Waals surface area contributed by atoms with Crippen molar-refractivity contribution in [2.45, 2.75) is 38.1 Å². The molecule has 0 amide bonds. The Labute approximate surface area is 146 Å². The second-order valence-electron chi connectivity index (χ2n) is 6.14. The molecule has 2 rings (SSSR count). The quantitative estimate of drug-likeness (QED) is 0.545. The molecule has 140 valence electrons. The van der Waals surface area contributed by atoms with Gasteiger partial charge >= 0.3 is 6.36 Å². The van der Waals surface area contributed by atoms with E-state index in [1.807, 2.05) is 6.08 Å². The van der Waals surface area contributed by atoms with E-state index < -0.39 is 6.36 Å². The molecule has 4 nitrogen and oxygen atoms in total. The highest BCUT2D eigenvalue weighted by molar-refractivity contribution is 5.41. The molecule has 1 heterocycles. The number of phenols is 1. The highest BCUT2D eigenvalue weighted by Gasteiger charge is 2.32. The summed E-state index contributed by atoms with van der Waals surface area (Å²) in [4.78, 5) is 2.21. The van der Waals surface area contributed by atoms with Gasteiger partial charge in [0.1, 0.15) is 11.5 Å². The van der Waals surface area contributed by atoms with Crippen molar-refractivity contribution in [2.75, 3.05) is 26.2 Å². The van der Waals surface area contributed by atoms with E-state index in [-0.39, 0.29) is 17.5 Å². The van der Waals surface area contributed by atoms with Crippen molar-refractivity contribution in [2.24, 2.45) is 0 Å². The number of phenolic OH excluding ortho intramolecular Hbond substituents is 1. The van der Waals surface area contributed by atoms with Crippen LogP contribution in [0.2, 0.25) is 0 Å². The third-order valence-electron chi connectivity index (χ3n) is 4.32. The van der Waals surface area contributed by atoms with Gasteiger partial charge in [-0.15, -0.1) is 19.8 Å². The van der Waals surface area contributed by atoms with Gasteiger partial charge in [0.15, 0.2) is 0 Å². The van der Waals surface area contributed by atoms with E-state index in [2.05, 4.69) is 21.5 Å². The van der Waals surface area contributed by atoms with Crippen LogP contribution in [0.25, 0.3) is 0 Å². The SMILES string of the molecule is C=CCCCC[C@@H](c1cc(OC(F)(F)F)ccc1O)N1CCNCC1. The third kappa shape index (κ3) is 6.25. The summed E-state index contributed by atoms with van der Waals surface area (Å²) in [5, 5.41) is 13.5. The lowest BCUT2D eigenvalue weighted by atomic mass is 9.97. The van der Waals surface area contributed by atoms with E-state index >= 15 is 0 Å². The first kappa shape index (κ1) is 19.6. The first-order valence-corrected chi connectivity index (χ1v) is 8.55. The Morgan fingerprint density at radius 3 is 2.64 bits per heavy atom. The molecule has 2 N–H and O–H groups in total. The molecule has 0 unspecified atom stereocenters. The van der Waals surface area contributed by atoms with Gasteiger partial charge in [-0.1, -0.05) is 12.5 Å². The molecule has 25 heavy (non-hydrogen) atoms. The van der Waals surface area contributed by atoms with Crippen LogP contribution >= 0.6 is 0 Å². The van der Waals surface area contributed by atoms with Crippen LogP contribution in [-0.4, -0.2) is 42.5 Å². The van der Waals surface area contributed by atoms with Crippen LogP contribution < -0.4 is 10.1 Å². The first-order valence-electron chi connectivity index (χ1n) is 8.55. The minimum atomic E-state index is -4.75. The van der Waals surface area contributed by atoms with E-state index in [9.17, 15) is 18.3 Å². The predicted molar refractivity (Wildman–Crippen MR) is 90.6 cm³/mol. The summed E-state index contributed by atoms with van der Waals surface area (Å²) in [6, 6.07) is 3.58. The molecule has 1 aliphatic rings. The first-order chi connectivity index (χ1) is 11.9. The average molecular weight is 358 g/mol. The van der Waals surface area contributed by atoms with Gasteiger partial charge in [0.25, 0.3) is 0 Å². The summed E-state index contributed by atoms with van der Waals surface area (Å²) in [5.41, 5.74) is 0.488. The number of allylic oxidation sites excluding steroid dienone is 1. The number of nitrogens with one attached hydrogen (secondary N) is 1. The van der Waals surface area contributed by atoms with Crippen molar-refractivity contribution in [3.05, 3.63) is 36.4 Å². The van der Waals surface area contributed by atoms with Gasteiger partial charge in [0, 0.05) is 37.8 Å². The lowest BCUT2D eigenvalue weighted by molar-refractivity contribution is -0.274. The summed E-state index contributed by atoms with van der Waals surface area (Å²) >= 11 is 0. The molecule has 1 atom stereocenters. The fourth-order valence-electron chi connectivity index (χ4n) is 3.15. The monoisotopic (exact) mass is 358 g/mol. The molecular weight excluding hydrogens is 333 g/mol. The van der Waals surface area contributed by atoms with Crippen LogP contribution in [0, 0.1) is 0 Å². The summed E-state index contributed by atoms with van der Waals surface area (Å²) < 4.78 is 41.5. The van der Waals surface area contributed by atoms with Crippen molar-refractivity contribution in [3.8, 4) is 11.5 Å². The van der Waals surface area contributed by atoms with E-state index in [1.54, 1.807) is 0 Å². The molecule has 0 aromatic heterocycles. The molecule has 1 aromatic rings. The van der Waals surface area contributed by atoms with Crippen molar-refractivity contribution >= 4 is 0 Å². The molecule has 0 spiro atoms. The van der Waals surface area contributed by atoms with Crippen molar-refractivity contribution in [3.63, 3.8) is 0 Å². The zero-order chi connectivity index (χ0) is 18.3. The topological polar surface area (TPSA) is 44.7 Å². The van der Waals surface area contributed by atoms with Crippen molar-refractivity contribution in [1.82, 2.24) is 10.2 Å². The maximum Gasteiger partial charge on any atom is 0.573 e. The van der Waals surface area contributed by atoms with Gasteiger partial charge < -0.3 is 15.2 Å². The standard InChI is InChI=1S/C18H25F3N2O2/c1-2-3-4-5-6-16(23-11-9-22-10-12-23)15-13-14(7-8-17(15)24)25-18(19,20)21/h2,7-8,13,16,22,24H,1,3-6,9-12H2/t16-/m0/s1. The van der Waals surface area contributed by atoms with Crippen LogP contribution in [0.5, 0.6) is 11.5 Å². The molecular formula is C18H25F3N2O2. The summed E-state index contributed by atoms with van der Waals surface area (Å²) in [5.74, 6) is -0.298. The second-order valence-corrected chi connectivity index (χ2v) is 6.14. The largest absolute Gasteiger partial charge is 0.573 e. The van der Waals surface area contributed by atoms with Crippen LogP contribution in [0.3, 0.4) is 0 Å². The number of aromatic hydroxyl groups is 1. The Bertz CT molecular complexity index is 558. The predicted octanol–water partition coefficient (Wildman–Crippen LogP) is 3.98. The Kier molecular flexibility index (Phi) is 7.13. The van der Waals surface area contributed by atoms with E-state index in [4.69, 9.17) is 0 Å². The Morgan fingerprint density at radius 2 is 2.00 bits per heavy atom. The van der Waals surface area contributed by atoms with Crippen molar-refractivity contribution in [1.29, 1.82) is 0 Å². The number of unbranched alkanes of at least 4 members (excludes halogenated alkanes) is 2. The number of benzene rings is 1. The molecule has 1 aliphatic heterocycles. The smallest absolute Gasteiger partial charge is 0.508 e. The Morgan fingerprint density at radius 1 is 1.28 bits per heavy atom. The fourth-order valence-corrected chi connectivity index (χ4v) is 3.15. The highest BCUT2D eigenvalue weighted by Crippen LogP contribution is 2.36. The van der Waals surface area contributed by atoms with E-state index in [0.717, 1.165) is 57.9 Å². The van der Waals surface area contributed by atoms with Gasteiger partial charge in [-0.05, 0) is 37.5 Å². The lowest BCUT2D eigenvalue weighted by Crippen LogP contribution is -2.45. The minimum absolute atomic E-state index is 0.00165.